The van der Waals surface area contributed by atoms with E-state index in [0.29, 0.717) is 12.4 Å². The molecule has 1 aliphatic carbocycles. The Bertz CT molecular complexity index is 544. The lowest BCUT2D eigenvalue weighted by Crippen LogP contribution is -2.27. The van der Waals surface area contributed by atoms with Crippen molar-refractivity contribution in [1.82, 2.24) is 0 Å². The summed E-state index contributed by atoms with van der Waals surface area (Å²) < 4.78 is 10.3. The molecule has 1 aromatic rings. The first-order chi connectivity index (χ1) is 9.24. The van der Waals surface area contributed by atoms with Gasteiger partial charge in [0.15, 0.2) is 5.76 Å². The number of hydrogen-bond acceptors (Lipinski definition) is 5. The predicted molar refractivity (Wildman–Crippen MR) is 69.8 cm³/mol. The molecule has 0 radical (unpaired) electrons. The van der Waals surface area contributed by atoms with E-state index >= 15 is 0 Å². The van der Waals surface area contributed by atoms with Gasteiger partial charge >= 0.3 is 5.97 Å². The minimum absolute atomic E-state index is 0.199. The maximum Gasteiger partial charge on any atom is 0.317 e. The first-order valence-electron chi connectivity index (χ1n) is 6.25. The van der Waals surface area contributed by atoms with Gasteiger partial charge in [0.2, 0.25) is 5.78 Å². The lowest BCUT2D eigenvalue weighted by Gasteiger charge is -2.19. The highest BCUT2D eigenvalue weighted by atomic mass is 32.1. The number of thiophene rings is 1. The molecule has 5 heteroatoms. The van der Waals surface area contributed by atoms with Gasteiger partial charge in [-0.3, -0.25) is 9.59 Å². The Hall–Kier alpha value is -1.62. The van der Waals surface area contributed by atoms with Crippen LogP contribution >= 0.6 is 11.3 Å². The molecule has 2 atom stereocenters. The summed E-state index contributed by atoms with van der Waals surface area (Å²) in [6.07, 6.45) is 1.71. The molecule has 0 saturated heterocycles. The molecule has 0 N–H and O–H groups in total. The van der Waals surface area contributed by atoms with Crippen LogP contribution in [0.2, 0.25) is 0 Å². The highest BCUT2D eigenvalue weighted by Crippen LogP contribution is 2.47. The van der Waals surface area contributed by atoms with Gasteiger partial charge in [-0.2, -0.15) is 0 Å². The zero-order valence-electron chi connectivity index (χ0n) is 10.5. The second kappa shape index (κ2) is 4.81. The van der Waals surface area contributed by atoms with Gasteiger partial charge in [0.05, 0.1) is 13.7 Å². The van der Waals surface area contributed by atoms with Crippen LogP contribution in [0.1, 0.15) is 23.6 Å². The first kappa shape index (κ1) is 12.4. The fourth-order valence-corrected chi connectivity index (χ4v) is 3.73. The van der Waals surface area contributed by atoms with Crippen LogP contribution in [0, 0.1) is 5.92 Å². The van der Waals surface area contributed by atoms with Gasteiger partial charge in [-0.25, -0.2) is 0 Å². The quantitative estimate of drug-likeness (QED) is 0.615. The minimum atomic E-state index is -0.772. The van der Waals surface area contributed by atoms with Crippen molar-refractivity contribution in [3.05, 3.63) is 33.7 Å². The van der Waals surface area contributed by atoms with Gasteiger partial charge in [-0.1, -0.05) is 6.07 Å². The molecule has 4 nitrogen and oxygen atoms in total. The first-order valence-corrected chi connectivity index (χ1v) is 7.13. The molecule has 0 spiro atoms. The van der Waals surface area contributed by atoms with Crippen LogP contribution in [0.25, 0.3) is 0 Å². The smallest absolute Gasteiger partial charge is 0.317 e. The number of ketones is 1. The normalized spacial score (nSPS) is 26.1. The standard InChI is InChI=1S/C14H14O4S/c1-17-14(16)11-10(9-5-3-7-19-9)8-4-2-6-18-13(8)12(11)15/h3,5,7,10-11H,2,4,6H2,1H3/t10-,11-/m0/s1. The zero-order chi connectivity index (χ0) is 13.4. The lowest BCUT2D eigenvalue weighted by atomic mass is 9.87. The van der Waals surface area contributed by atoms with E-state index in [1.165, 1.54) is 7.11 Å². The second-order valence-corrected chi connectivity index (χ2v) is 5.64. The topological polar surface area (TPSA) is 52.6 Å². The Morgan fingerprint density at radius 1 is 1.53 bits per heavy atom. The molecule has 0 saturated carbocycles. The number of methoxy groups -OCH3 is 1. The fourth-order valence-electron chi connectivity index (χ4n) is 2.84. The van der Waals surface area contributed by atoms with E-state index in [1.807, 2.05) is 17.5 Å². The van der Waals surface area contributed by atoms with E-state index in [-0.39, 0.29) is 11.7 Å². The summed E-state index contributed by atoms with van der Waals surface area (Å²) >= 11 is 1.56. The molecule has 3 rings (SSSR count). The number of ether oxygens (including phenoxy) is 2. The summed E-state index contributed by atoms with van der Waals surface area (Å²) in [5.41, 5.74) is 0.967. The third-order valence-corrected chi connectivity index (χ3v) is 4.60. The minimum Gasteiger partial charge on any atom is -0.490 e. The van der Waals surface area contributed by atoms with Crippen molar-refractivity contribution < 1.29 is 19.1 Å². The van der Waals surface area contributed by atoms with Crippen LogP contribution < -0.4 is 0 Å². The van der Waals surface area contributed by atoms with Crippen molar-refractivity contribution >= 4 is 23.1 Å². The lowest BCUT2D eigenvalue weighted by molar-refractivity contribution is -0.149. The van der Waals surface area contributed by atoms with E-state index in [9.17, 15) is 9.59 Å². The molecular formula is C14H14O4S. The molecule has 0 fully saturated rings. The second-order valence-electron chi connectivity index (χ2n) is 4.66. The van der Waals surface area contributed by atoms with E-state index < -0.39 is 11.9 Å². The summed E-state index contributed by atoms with van der Waals surface area (Å²) in [6, 6.07) is 3.89. The molecule has 0 aromatic carbocycles. The molecule has 19 heavy (non-hydrogen) atoms. The summed E-state index contributed by atoms with van der Waals surface area (Å²) in [4.78, 5) is 25.3. The third-order valence-electron chi connectivity index (χ3n) is 3.65. The van der Waals surface area contributed by atoms with Crippen LogP contribution in [-0.2, 0) is 19.1 Å². The van der Waals surface area contributed by atoms with E-state index in [4.69, 9.17) is 9.47 Å². The maximum atomic E-state index is 12.4. The molecule has 0 unspecified atom stereocenters. The molecule has 0 amide bonds. The number of carbonyl (C=O) groups is 2. The van der Waals surface area contributed by atoms with Crippen molar-refractivity contribution in [3.63, 3.8) is 0 Å². The zero-order valence-corrected chi connectivity index (χ0v) is 11.4. The molecule has 100 valence electrons. The molecule has 0 bridgehead atoms. The van der Waals surface area contributed by atoms with E-state index in [1.54, 1.807) is 11.3 Å². The predicted octanol–water partition coefficient (Wildman–Crippen LogP) is 2.27. The Balaban J connectivity index is 2.06. The number of esters is 1. The van der Waals surface area contributed by atoms with Crippen LogP contribution in [-0.4, -0.2) is 25.5 Å². The van der Waals surface area contributed by atoms with Crippen molar-refractivity contribution in [3.8, 4) is 0 Å². The number of Topliss-reactive ketones (excluding diaryl/α,β-unsaturated/α-hetero) is 1. The third kappa shape index (κ3) is 1.89. The number of rotatable bonds is 2. The number of carbonyl (C=O) groups excluding carboxylic acids is 2. The SMILES string of the molecule is COC(=O)[C@@H]1C(=O)C2=C(CCCO2)[C@H]1c1cccs1. The van der Waals surface area contributed by atoms with Gasteiger partial charge < -0.3 is 9.47 Å². The van der Waals surface area contributed by atoms with Gasteiger partial charge in [0.1, 0.15) is 5.92 Å². The Labute approximate surface area is 115 Å². The Morgan fingerprint density at radius 2 is 2.37 bits per heavy atom. The summed E-state index contributed by atoms with van der Waals surface area (Å²) in [6.45, 7) is 0.551. The summed E-state index contributed by atoms with van der Waals surface area (Å²) in [7, 11) is 1.32. The Morgan fingerprint density at radius 3 is 3.05 bits per heavy atom. The van der Waals surface area contributed by atoms with E-state index in [0.717, 1.165) is 23.3 Å². The van der Waals surface area contributed by atoms with Gasteiger partial charge in [0.25, 0.3) is 0 Å². The average molecular weight is 278 g/mol. The molecule has 1 aromatic heterocycles. The van der Waals surface area contributed by atoms with Crippen molar-refractivity contribution in [1.29, 1.82) is 0 Å². The van der Waals surface area contributed by atoms with Crippen molar-refractivity contribution in [2.75, 3.05) is 13.7 Å². The molecule has 2 aliphatic rings. The highest BCUT2D eigenvalue weighted by molar-refractivity contribution is 7.10. The molecule has 1 aliphatic heterocycles. The van der Waals surface area contributed by atoms with Gasteiger partial charge in [0, 0.05) is 10.8 Å². The highest BCUT2D eigenvalue weighted by Gasteiger charge is 2.49. The summed E-state index contributed by atoms with van der Waals surface area (Å²) in [5.74, 6) is -1.26. The van der Waals surface area contributed by atoms with Crippen LogP contribution in [0.5, 0.6) is 0 Å². The number of allylic oxidation sites excluding steroid dienone is 2. The van der Waals surface area contributed by atoms with E-state index in [2.05, 4.69) is 0 Å². The summed E-state index contributed by atoms with van der Waals surface area (Å²) in [5, 5.41) is 1.95. The van der Waals surface area contributed by atoms with Crippen LogP contribution in [0.3, 0.4) is 0 Å². The fraction of sp³-hybridized carbons (Fsp3) is 0.429. The number of hydrogen-bond donors (Lipinski definition) is 0. The van der Waals surface area contributed by atoms with Gasteiger partial charge in [-0.15, -0.1) is 11.3 Å². The molecular weight excluding hydrogens is 264 g/mol. The van der Waals surface area contributed by atoms with Gasteiger partial charge in [-0.05, 0) is 29.9 Å². The maximum absolute atomic E-state index is 12.4. The van der Waals surface area contributed by atoms with Crippen LogP contribution in [0.15, 0.2) is 28.8 Å². The van der Waals surface area contributed by atoms with Crippen molar-refractivity contribution in [2.45, 2.75) is 18.8 Å². The largest absolute Gasteiger partial charge is 0.490 e. The monoisotopic (exact) mass is 278 g/mol. The van der Waals surface area contributed by atoms with Crippen molar-refractivity contribution in [2.24, 2.45) is 5.92 Å². The Kier molecular flexibility index (Phi) is 3.14. The van der Waals surface area contributed by atoms with Crippen LogP contribution in [0.4, 0.5) is 0 Å². The average Bonchev–Trinajstić information content (AvgIpc) is 3.05. The molecule has 2 heterocycles.